The topological polar surface area (TPSA) is 42.2 Å². The molecule has 0 N–H and O–H groups in total. The summed E-state index contributed by atoms with van der Waals surface area (Å²) < 4.78 is 12.3. The van der Waals surface area contributed by atoms with E-state index in [1.165, 1.54) is 69.8 Å². The number of hydrogen-bond acceptors (Lipinski definition) is 3. The van der Waals surface area contributed by atoms with E-state index in [2.05, 4.69) is 19.9 Å². The van der Waals surface area contributed by atoms with Gasteiger partial charge in [-0.1, -0.05) is 19.4 Å². The monoisotopic (exact) mass is 397 g/mol. The van der Waals surface area contributed by atoms with Crippen molar-refractivity contribution in [2.24, 2.45) is 34.5 Å². The molecule has 1 aliphatic heterocycles. The first-order valence-corrected chi connectivity index (χ1v) is 12.4. The summed E-state index contributed by atoms with van der Waals surface area (Å²) in [5, 5.41) is 9.25. The maximum Gasteiger partial charge on any atom is 0.157 e. The van der Waals surface area contributed by atoms with Crippen LogP contribution in [0.5, 0.6) is 0 Å². The Morgan fingerprint density at radius 1 is 1.03 bits per heavy atom. The molecule has 29 heavy (non-hydrogen) atoms. The van der Waals surface area contributed by atoms with E-state index in [9.17, 15) is 5.26 Å². The van der Waals surface area contributed by atoms with E-state index in [4.69, 9.17) is 9.47 Å². The van der Waals surface area contributed by atoms with Crippen LogP contribution in [0, 0.1) is 45.8 Å². The van der Waals surface area contributed by atoms with Gasteiger partial charge in [-0.25, -0.2) is 0 Å². The van der Waals surface area contributed by atoms with Crippen molar-refractivity contribution in [2.75, 3.05) is 6.61 Å². The lowest BCUT2D eigenvalue weighted by Gasteiger charge is -2.60. The van der Waals surface area contributed by atoms with Crippen molar-refractivity contribution in [3.8, 4) is 6.07 Å². The third-order valence-electron chi connectivity index (χ3n) is 10.2. The summed E-state index contributed by atoms with van der Waals surface area (Å²) in [6, 6.07) is 2.34. The maximum absolute atomic E-state index is 9.25. The number of rotatable bonds is 2. The highest BCUT2D eigenvalue weighted by atomic mass is 16.7. The van der Waals surface area contributed by atoms with Crippen LogP contribution >= 0.6 is 0 Å². The van der Waals surface area contributed by atoms with E-state index in [0.717, 1.165) is 43.1 Å². The van der Waals surface area contributed by atoms with Crippen molar-refractivity contribution in [2.45, 2.75) is 103 Å². The minimum atomic E-state index is 0.0636. The fourth-order valence-corrected chi connectivity index (χ4v) is 8.54. The van der Waals surface area contributed by atoms with Crippen molar-refractivity contribution in [3.05, 3.63) is 11.6 Å². The average molecular weight is 398 g/mol. The number of allylic oxidation sites excluding steroid dienone is 2. The highest BCUT2D eigenvalue weighted by molar-refractivity contribution is 5.28. The molecule has 0 bridgehead atoms. The first-order valence-electron chi connectivity index (χ1n) is 12.4. The third-order valence-corrected chi connectivity index (χ3v) is 10.2. The van der Waals surface area contributed by atoms with E-state index >= 15 is 0 Å². The van der Waals surface area contributed by atoms with Gasteiger partial charge in [0.05, 0.1) is 12.2 Å². The van der Waals surface area contributed by atoms with Gasteiger partial charge < -0.3 is 9.47 Å². The van der Waals surface area contributed by atoms with Crippen LogP contribution < -0.4 is 0 Å². The van der Waals surface area contributed by atoms with Crippen molar-refractivity contribution in [1.29, 1.82) is 5.26 Å². The van der Waals surface area contributed by atoms with Gasteiger partial charge >= 0.3 is 0 Å². The quantitative estimate of drug-likeness (QED) is 0.400. The van der Waals surface area contributed by atoms with Crippen LogP contribution in [0.4, 0.5) is 0 Å². The molecule has 0 aromatic rings. The van der Waals surface area contributed by atoms with Gasteiger partial charge in [-0.2, -0.15) is 5.26 Å². The zero-order valence-electron chi connectivity index (χ0n) is 18.5. The van der Waals surface area contributed by atoms with E-state index in [1.807, 2.05) is 6.08 Å². The van der Waals surface area contributed by atoms with E-state index in [1.54, 1.807) is 0 Å². The fourth-order valence-electron chi connectivity index (χ4n) is 8.54. The van der Waals surface area contributed by atoms with Gasteiger partial charge in [0, 0.05) is 12.7 Å². The average Bonchev–Trinajstić information content (AvgIpc) is 3.06. The summed E-state index contributed by atoms with van der Waals surface area (Å²) in [5.41, 5.74) is 2.26. The molecule has 3 nitrogen and oxygen atoms in total. The first kappa shape index (κ1) is 20.1. The van der Waals surface area contributed by atoms with Gasteiger partial charge in [0.25, 0.3) is 0 Å². The molecule has 5 aliphatic rings. The Hall–Kier alpha value is -0.850. The van der Waals surface area contributed by atoms with Crippen LogP contribution in [0.25, 0.3) is 0 Å². The Kier molecular flexibility index (Phi) is 5.32. The first-order chi connectivity index (χ1) is 14.0. The summed E-state index contributed by atoms with van der Waals surface area (Å²) in [5.74, 6) is 3.39. The molecule has 0 aromatic carbocycles. The van der Waals surface area contributed by atoms with E-state index < -0.39 is 0 Å². The predicted molar refractivity (Wildman–Crippen MR) is 114 cm³/mol. The van der Waals surface area contributed by atoms with Gasteiger partial charge in [-0.05, 0) is 112 Å². The van der Waals surface area contributed by atoms with Crippen molar-refractivity contribution >= 4 is 0 Å². The summed E-state index contributed by atoms with van der Waals surface area (Å²) >= 11 is 0. The fraction of sp³-hybridized carbons (Fsp3) is 0.885. The molecule has 0 unspecified atom stereocenters. The molecule has 0 aromatic heterocycles. The lowest BCUT2D eigenvalue weighted by atomic mass is 9.45. The van der Waals surface area contributed by atoms with Gasteiger partial charge in [0.2, 0.25) is 0 Å². The van der Waals surface area contributed by atoms with Gasteiger partial charge in [-0.3, -0.25) is 0 Å². The molecule has 3 heteroatoms. The van der Waals surface area contributed by atoms with Crippen LogP contribution in [-0.2, 0) is 9.47 Å². The Balaban J connectivity index is 1.29. The molecule has 5 rings (SSSR count). The predicted octanol–water partition coefficient (Wildman–Crippen LogP) is 6.39. The molecule has 0 spiro atoms. The standard InChI is InChI=1S/C26H39NO2/c1-25-14-11-23-21(22(25)9-7-18(25)12-15-27)8-6-19-17-20(10-13-26(19,23)2)29-24-5-3-4-16-28-24/h12,19-24H,3-11,13-14,16-17H2,1-2H3/b18-12+/t19-,20-,21-,22-,23-,24+,25+,26-/m0/s1. The highest BCUT2D eigenvalue weighted by Gasteiger charge is 2.59. The molecular weight excluding hydrogens is 358 g/mol. The van der Waals surface area contributed by atoms with Gasteiger partial charge in [0.1, 0.15) is 0 Å². The van der Waals surface area contributed by atoms with Crippen molar-refractivity contribution in [3.63, 3.8) is 0 Å². The smallest absolute Gasteiger partial charge is 0.157 e. The third kappa shape index (κ3) is 3.30. The van der Waals surface area contributed by atoms with Crippen molar-refractivity contribution in [1.82, 2.24) is 0 Å². The molecule has 5 fully saturated rings. The van der Waals surface area contributed by atoms with Crippen LogP contribution in [0.3, 0.4) is 0 Å². The molecule has 1 heterocycles. The van der Waals surface area contributed by atoms with Gasteiger partial charge in [0.15, 0.2) is 6.29 Å². The van der Waals surface area contributed by atoms with Crippen LogP contribution in [0.15, 0.2) is 11.6 Å². The highest BCUT2D eigenvalue weighted by Crippen LogP contribution is 2.67. The number of hydrogen-bond donors (Lipinski definition) is 0. The zero-order valence-corrected chi connectivity index (χ0v) is 18.5. The largest absolute Gasteiger partial charge is 0.353 e. The minimum absolute atomic E-state index is 0.0636. The molecule has 4 aliphatic carbocycles. The minimum Gasteiger partial charge on any atom is -0.353 e. The number of ether oxygens (including phenoxy) is 2. The molecule has 4 saturated carbocycles. The lowest BCUT2D eigenvalue weighted by molar-refractivity contribution is -0.211. The van der Waals surface area contributed by atoms with E-state index in [-0.39, 0.29) is 6.29 Å². The summed E-state index contributed by atoms with van der Waals surface area (Å²) in [4.78, 5) is 0. The number of nitrogens with zero attached hydrogens (tertiary/aromatic N) is 1. The van der Waals surface area contributed by atoms with Crippen LogP contribution in [0.2, 0.25) is 0 Å². The van der Waals surface area contributed by atoms with Crippen LogP contribution in [0.1, 0.15) is 90.9 Å². The SMILES string of the molecule is C[C@]12CC[C@H](O[C@@H]3CCCCO3)C[C@@H]1CC[C@@H]1[C@@H]2CC[C@]2(C)/C(=C/C#N)CC[C@@H]12. The van der Waals surface area contributed by atoms with Gasteiger partial charge in [-0.15, -0.1) is 0 Å². The second-order valence-electron chi connectivity index (χ2n) is 11.3. The zero-order chi connectivity index (χ0) is 20.1. The number of nitriles is 1. The second kappa shape index (κ2) is 7.69. The second-order valence-corrected chi connectivity index (χ2v) is 11.3. The van der Waals surface area contributed by atoms with Crippen molar-refractivity contribution < 1.29 is 9.47 Å². The summed E-state index contributed by atoms with van der Waals surface area (Å²) in [6.07, 6.45) is 17.6. The Morgan fingerprint density at radius 2 is 1.93 bits per heavy atom. The van der Waals surface area contributed by atoms with Crippen LogP contribution in [-0.4, -0.2) is 19.0 Å². The maximum atomic E-state index is 9.25. The molecule has 1 saturated heterocycles. The molecule has 0 radical (unpaired) electrons. The molecule has 160 valence electrons. The molecule has 8 atom stereocenters. The summed E-state index contributed by atoms with van der Waals surface area (Å²) in [7, 11) is 0. The van der Waals surface area contributed by atoms with E-state index in [0.29, 0.717) is 16.9 Å². The Morgan fingerprint density at radius 3 is 2.72 bits per heavy atom. The normalized spacial score (nSPS) is 51.0. The molecule has 0 amide bonds. The molecular formula is C26H39NO2. The lowest BCUT2D eigenvalue weighted by Crippen LogP contribution is -2.53. The summed E-state index contributed by atoms with van der Waals surface area (Å²) in [6.45, 7) is 5.99. The number of fused-ring (bicyclic) bond motifs is 5. The Bertz CT molecular complexity index is 689. The Labute approximate surface area is 177 Å².